The Labute approximate surface area is 168 Å². The van der Waals surface area contributed by atoms with Crippen LogP contribution in [0.5, 0.6) is 0 Å². The van der Waals surface area contributed by atoms with Crippen LogP contribution >= 0.6 is 11.6 Å². The second-order valence-electron chi connectivity index (χ2n) is 6.19. The highest BCUT2D eigenvalue weighted by Crippen LogP contribution is 2.31. The molecule has 0 unspecified atom stereocenters. The highest BCUT2D eigenvalue weighted by atomic mass is 35.5. The van der Waals surface area contributed by atoms with E-state index in [1.54, 1.807) is 38.1 Å². The van der Waals surface area contributed by atoms with Gasteiger partial charge in [0.15, 0.2) is 0 Å². The van der Waals surface area contributed by atoms with Gasteiger partial charge >= 0.3 is 0 Å². The Bertz CT molecular complexity index is 1040. The van der Waals surface area contributed by atoms with Gasteiger partial charge in [-0.05, 0) is 30.3 Å². The number of rotatable bonds is 5. The second-order valence-corrected chi connectivity index (χ2v) is 8.50. The average Bonchev–Trinajstić information content (AvgIpc) is 2.67. The summed E-state index contributed by atoms with van der Waals surface area (Å²) in [6.07, 6.45) is 0. The molecule has 0 fully saturated rings. The summed E-state index contributed by atoms with van der Waals surface area (Å²) in [5.74, 6) is -0.799. The first-order valence-corrected chi connectivity index (χ1v) is 10.6. The third-order valence-corrected chi connectivity index (χ3v) is 7.05. The number of carbonyl (C=O) groups excluding carboxylic acids is 2. The Balaban J connectivity index is 2.04. The number of sulfonamides is 1. The predicted octanol–water partition coefficient (Wildman–Crippen LogP) is 2.97. The first-order valence-electron chi connectivity index (χ1n) is 8.80. The molecule has 7 nitrogen and oxygen atoms in total. The first kappa shape index (κ1) is 20.3. The minimum atomic E-state index is -3.84. The number of benzene rings is 2. The van der Waals surface area contributed by atoms with Crippen molar-refractivity contribution in [3.63, 3.8) is 0 Å². The number of nitrogens with zero attached hydrogens (tertiary/aromatic N) is 2. The molecular formula is C19H20ClN3O4S. The van der Waals surface area contributed by atoms with Crippen molar-refractivity contribution in [2.75, 3.05) is 29.9 Å². The van der Waals surface area contributed by atoms with Gasteiger partial charge in [-0.3, -0.25) is 14.5 Å². The Morgan fingerprint density at radius 1 is 1.18 bits per heavy atom. The van der Waals surface area contributed by atoms with Gasteiger partial charge in [-0.15, -0.1) is 0 Å². The van der Waals surface area contributed by atoms with Crippen LogP contribution < -0.4 is 10.2 Å². The van der Waals surface area contributed by atoms with Crippen molar-refractivity contribution >= 4 is 44.8 Å². The quantitative estimate of drug-likeness (QED) is 0.804. The molecule has 28 heavy (non-hydrogen) atoms. The fourth-order valence-electron chi connectivity index (χ4n) is 3.11. The molecule has 9 heteroatoms. The number of anilines is 2. The lowest BCUT2D eigenvalue weighted by molar-refractivity contribution is -0.115. The lowest BCUT2D eigenvalue weighted by atomic mass is 10.1. The molecule has 0 bridgehead atoms. The Morgan fingerprint density at radius 2 is 1.86 bits per heavy atom. The van der Waals surface area contributed by atoms with Crippen molar-refractivity contribution in [2.45, 2.75) is 18.7 Å². The minimum Gasteiger partial charge on any atom is -0.323 e. The maximum Gasteiger partial charge on any atom is 0.258 e. The Morgan fingerprint density at radius 3 is 2.54 bits per heavy atom. The van der Waals surface area contributed by atoms with Crippen LogP contribution in [-0.4, -0.2) is 44.2 Å². The molecule has 1 aliphatic heterocycles. The van der Waals surface area contributed by atoms with Gasteiger partial charge in [-0.1, -0.05) is 37.6 Å². The average molecular weight is 422 g/mol. The second kappa shape index (κ2) is 7.90. The fourth-order valence-corrected chi connectivity index (χ4v) is 5.07. The van der Waals surface area contributed by atoms with Crippen LogP contribution in [-0.2, 0) is 14.8 Å². The molecule has 0 saturated carbocycles. The minimum absolute atomic E-state index is 0.0419. The maximum absolute atomic E-state index is 13.1. The van der Waals surface area contributed by atoms with Crippen LogP contribution in [0.2, 0.25) is 5.02 Å². The third kappa shape index (κ3) is 3.63. The van der Waals surface area contributed by atoms with Gasteiger partial charge in [0.25, 0.3) is 5.91 Å². The van der Waals surface area contributed by atoms with E-state index < -0.39 is 15.9 Å². The van der Waals surface area contributed by atoms with Gasteiger partial charge in [-0.2, -0.15) is 4.31 Å². The topological polar surface area (TPSA) is 86.8 Å². The van der Waals surface area contributed by atoms with E-state index in [1.165, 1.54) is 27.4 Å². The molecular weight excluding hydrogens is 402 g/mol. The molecule has 0 saturated heterocycles. The normalized spacial score (nSPS) is 14.0. The number of para-hydroxylation sites is 2. The molecule has 2 aromatic rings. The number of carbonyl (C=O) groups is 2. The number of hydrogen-bond donors (Lipinski definition) is 1. The van der Waals surface area contributed by atoms with Crippen LogP contribution in [0.4, 0.5) is 11.4 Å². The highest BCUT2D eigenvalue weighted by Gasteiger charge is 2.30. The largest absolute Gasteiger partial charge is 0.323 e. The molecule has 0 aliphatic carbocycles. The zero-order chi connectivity index (χ0) is 20.5. The summed E-state index contributed by atoms with van der Waals surface area (Å²) in [6, 6.07) is 11.1. The predicted molar refractivity (Wildman–Crippen MR) is 108 cm³/mol. The molecule has 0 atom stereocenters. The number of hydrogen-bond acceptors (Lipinski definition) is 4. The summed E-state index contributed by atoms with van der Waals surface area (Å²) in [4.78, 5) is 26.3. The Hall–Kier alpha value is -2.42. The van der Waals surface area contributed by atoms with Crippen molar-refractivity contribution in [1.82, 2.24) is 4.31 Å². The summed E-state index contributed by atoms with van der Waals surface area (Å²) in [5, 5.41) is 2.76. The Kier molecular flexibility index (Phi) is 5.74. The molecule has 0 radical (unpaired) electrons. The summed E-state index contributed by atoms with van der Waals surface area (Å²) >= 11 is 6.14. The monoisotopic (exact) mass is 421 g/mol. The van der Waals surface area contributed by atoms with Crippen molar-refractivity contribution in [3.8, 4) is 0 Å². The molecule has 1 N–H and O–H groups in total. The van der Waals surface area contributed by atoms with E-state index in [-0.39, 0.29) is 41.0 Å². The van der Waals surface area contributed by atoms with Crippen LogP contribution in [0.15, 0.2) is 47.4 Å². The molecule has 3 rings (SSSR count). The van der Waals surface area contributed by atoms with Gasteiger partial charge in [-0.25, -0.2) is 8.42 Å². The zero-order valence-corrected chi connectivity index (χ0v) is 17.0. The van der Waals surface area contributed by atoms with Crippen LogP contribution in [0.3, 0.4) is 0 Å². The van der Waals surface area contributed by atoms with Crippen LogP contribution in [0, 0.1) is 0 Å². The van der Waals surface area contributed by atoms with E-state index in [2.05, 4.69) is 5.32 Å². The van der Waals surface area contributed by atoms with Crippen molar-refractivity contribution < 1.29 is 18.0 Å². The molecule has 1 aliphatic rings. The lowest BCUT2D eigenvalue weighted by Crippen LogP contribution is -2.42. The fraction of sp³-hybridized carbons (Fsp3) is 0.263. The summed E-state index contributed by atoms with van der Waals surface area (Å²) in [7, 11) is -3.84. The summed E-state index contributed by atoms with van der Waals surface area (Å²) in [6.45, 7) is 3.87. The standard InChI is InChI=1S/C19H20ClN3O4S/c1-3-22(4-2)28(26,27)17-11-13(9-10-14(17)20)19(25)23-12-18(24)21-15-7-5-6-8-16(15)23/h5-11H,3-4,12H2,1-2H3,(H,21,24). The SMILES string of the molecule is CCN(CC)S(=O)(=O)c1cc(C(=O)N2CC(=O)Nc3ccccc32)ccc1Cl. The smallest absolute Gasteiger partial charge is 0.258 e. The number of amides is 2. The number of fused-ring (bicyclic) bond motifs is 1. The van der Waals surface area contributed by atoms with Crippen molar-refractivity contribution in [2.24, 2.45) is 0 Å². The molecule has 2 aromatic carbocycles. The zero-order valence-electron chi connectivity index (χ0n) is 15.5. The van der Waals surface area contributed by atoms with Crippen molar-refractivity contribution in [1.29, 1.82) is 0 Å². The molecule has 0 aromatic heterocycles. The van der Waals surface area contributed by atoms with E-state index in [9.17, 15) is 18.0 Å². The van der Waals surface area contributed by atoms with E-state index >= 15 is 0 Å². The molecule has 0 spiro atoms. The molecule has 2 amide bonds. The highest BCUT2D eigenvalue weighted by molar-refractivity contribution is 7.89. The first-order chi connectivity index (χ1) is 13.3. The van der Waals surface area contributed by atoms with E-state index in [4.69, 9.17) is 11.6 Å². The maximum atomic E-state index is 13.1. The van der Waals surface area contributed by atoms with E-state index in [0.29, 0.717) is 11.4 Å². The molecule has 148 valence electrons. The van der Waals surface area contributed by atoms with E-state index in [0.717, 1.165) is 0 Å². The van der Waals surface area contributed by atoms with Gasteiger partial charge < -0.3 is 5.32 Å². The lowest BCUT2D eigenvalue weighted by Gasteiger charge is -2.29. The van der Waals surface area contributed by atoms with Crippen LogP contribution in [0.1, 0.15) is 24.2 Å². The third-order valence-electron chi connectivity index (χ3n) is 4.52. The van der Waals surface area contributed by atoms with Gasteiger partial charge in [0.05, 0.1) is 16.4 Å². The summed E-state index contributed by atoms with van der Waals surface area (Å²) < 4.78 is 27.0. The van der Waals surface area contributed by atoms with Gasteiger partial charge in [0.2, 0.25) is 15.9 Å². The molecule has 1 heterocycles. The van der Waals surface area contributed by atoms with E-state index in [1.807, 2.05) is 0 Å². The van der Waals surface area contributed by atoms with Crippen LogP contribution in [0.25, 0.3) is 0 Å². The number of halogens is 1. The summed E-state index contributed by atoms with van der Waals surface area (Å²) in [5.41, 5.74) is 1.21. The van der Waals surface area contributed by atoms with Crippen molar-refractivity contribution in [3.05, 3.63) is 53.1 Å². The van der Waals surface area contributed by atoms with Gasteiger partial charge in [0, 0.05) is 18.7 Å². The van der Waals surface area contributed by atoms with Gasteiger partial charge in [0.1, 0.15) is 11.4 Å². The number of nitrogens with one attached hydrogen (secondary N) is 1.